The van der Waals surface area contributed by atoms with Crippen LogP contribution >= 0.6 is 0 Å². The Morgan fingerprint density at radius 2 is 0.779 bits per heavy atom. The molecule has 6 nitrogen and oxygen atoms in total. The van der Waals surface area contributed by atoms with Crippen molar-refractivity contribution in [2.24, 2.45) is 120 Å². The molecule has 0 saturated heterocycles. The van der Waals surface area contributed by atoms with Crippen LogP contribution in [0, 0.1) is 120 Å². The van der Waals surface area contributed by atoms with Gasteiger partial charge in [0.2, 0.25) is 0 Å². The molecular formula is C89H118N2O4. The SMILES string of the molecule is CC(=O)O[C@H]1CC[C@@]2(C)C(=CCC3C2CC[C@]2(C)C(C4=C(c5cccnc5)[C@@]5(C)CCC6C(CC=C7C[C@@H](C)CC[C@@]76C)C5C4)=CCC32)C1.C[C@]12CC[C@H](O)CC1=CCC1C2CC[C@]2(C)C(C3=C(c4cccnc4)[C@@]4(C)CCC5C(CC=C6C[C@@H](O)CC[C@@]65C)C4C3)=CCC12. The number of ether oxygens (including phenoxy) is 1. The number of aliphatic hydroxyl groups is 2. The smallest absolute Gasteiger partial charge is 0.302 e. The van der Waals surface area contributed by atoms with E-state index in [0.29, 0.717) is 11.3 Å². The minimum Gasteiger partial charge on any atom is -0.462 e. The lowest BCUT2D eigenvalue weighted by molar-refractivity contribution is -0.148. The number of hydrogen-bond acceptors (Lipinski definition) is 6. The van der Waals surface area contributed by atoms with Crippen molar-refractivity contribution in [1.82, 2.24) is 9.97 Å². The summed E-state index contributed by atoms with van der Waals surface area (Å²) < 4.78 is 5.74. The number of nitrogens with zero attached hydrogens (tertiary/aromatic N) is 2. The highest BCUT2D eigenvalue weighted by Crippen LogP contribution is 2.75. The zero-order chi connectivity index (χ0) is 65.6. The molecule has 2 aromatic rings. The molecule has 6 heteroatoms. The van der Waals surface area contributed by atoms with Crippen LogP contribution in [-0.4, -0.2) is 44.5 Å². The molecule has 12 unspecified atom stereocenters. The highest BCUT2D eigenvalue weighted by Gasteiger charge is 2.65. The summed E-state index contributed by atoms with van der Waals surface area (Å²) in [7, 11) is 0. The summed E-state index contributed by atoms with van der Waals surface area (Å²) in [6.45, 7) is 25.1. The number of pyridine rings is 2. The maximum atomic E-state index is 11.8. The zero-order valence-corrected chi connectivity index (χ0v) is 60.2. The van der Waals surface area contributed by atoms with Gasteiger partial charge < -0.3 is 14.9 Å². The van der Waals surface area contributed by atoms with Crippen molar-refractivity contribution in [3.8, 4) is 0 Å². The second kappa shape index (κ2) is 22.8. The van der Waals surface area contributed by atoms with E-state index in [1.54, 1.807) is 57.1 Å². The summed E-state index contributed by atoms with van der Waals surface area (Å²) in [4.78, 5) is 21.2. The number of fused-ring (bicyclic) bond motifs is 20. The Labute approximate surface area is 572 Å². The van der Waals surface area contributed by atoms with Crippen molar-refractivity contribution in [1.29, 1.82) is 0 Å². The Morgan fingerprint density at radius 1 is 0.411 bits per heavy atom. The molecule has 0 amide bonds. The summed E-state index contributed by atoms with van der Waals surface area (Å²) in [5.74, 6) is 9.65. The molecule has 508 valence electrons. The molecule has 0 radical (unpaired) electrons. The van der Waals surface area contributed by atoms with Crippen molar-refractivity contribution in [3.05, 3.63) is 141 Å². The van der Waals surface area contributed by atoms with Crippen LogP contribution in [0.3, 0.4) is 0 Å². The van der Waals surface area contributed by atoms with Crippen LogP contribution in [0.25, 0.3) is 11.1 Å². The Bertz CT molecular complexity index is 3690. The monoisotopic (exact) mass is 1280 g/mol. The molecular weight excluding hydrogens is 1160 g/mol. The van der Waals surface area contributed by atoms with Crippen LogP contribution < -0.4 is 0 Å². The maximum absolute atomic E-state index is 11.8. The van der Waals surface area contributed by atoms with Gasteiger partial charge in [0.1, 0.15) is 6.10 Å². The normalized spacial score (nSPS) is 48.1. The van der Waals surface area contributed by atoms with Gasteiger partial charge in [0.05, 0.1) is 12.2 Å². The van der Waals surface area contributed by atoms with E-state index >= 15 is 0 Å². The lowest BCUT2D eigenvalue weighted by atomic mass is 9.47. The van der Waals surface area contributed by atoms with E-state index in [1.807, 2.05) is 18.0 Å². The molecule has 0 aliphatic heterocycles. The van der Waals surface area contributed by atoms with Gasteiger partial charge >= 0.3 is 5.97 Å². The van der Waals surface area contributed by atoms with Gasteiger partial charge in [-0.25, -0.2) is 0 Å². The number of aliphatic hydroxyl groups excluding tert-OH is 2. The minimum absolute atomic E-state index is 0.0715. The average Bonchev–Trinajstić information content (AvgIpc) is 1.58. The molecule has 2 N–H and O–H groups in total. The summed E-state index contributed by atoms with van der Waals surface area (Å²) in [6, 6.07) is 9.10. The van der Waals surface area contributed by atoms with Gasteiger partial charge in [-0.2, -0.15) is 0 Å². The third-order valence-corrected chi connectivity index (χ3v) is 34.0. The molecule has 95 heavy (non-hydrogen) atoms. The molecule has 16 aliphatic rings. The summed E-state index contributed by atoms with van der Waals surface area (Å²) in [6.07, 6.45) is 57.9. The first-order valence-electron chi connectivity index (χ1n) is 39.5. The number of carbonyl (C=O) groups is 1. The van der Waals surface area contributed by atoms with E-state index in [9.17, 15) is 15.0 Å². The van der Waals surface area contributed by atoms with Crippen LogP contribution in [0.4, 0.5) is 0 Å². The largest absolute Gasteiger partial charge is 0.462 e. The predicted octanol–water partition coefficient (Wildman–Crippen LogP) is 21.1. The van der Waals surface area contributed by atoms with Gasteiger partial charge in [0.15, 0.2) is 0 Å². The van der Waals surface area contributed by atoms with Crippen molar-refractivity contribution in [3.63, 3.8) is 0 Å². The van der Waals surface area contributed by atoms with Crippen LogP contribution in [0.5, 0.6) is 0 Å². The number of rotatable bonds is 5. The van der Waals surface area contributed by atoms with Crippen LogP contribution in [0.1, 0.15) is 260 Å². The lowest BCUT2D eigenvalue weighted by Gasteiger charge is -2.58. The number of esters is 1. The van der Waals surface area contributed by atoms with E-state index in [0.717, 1.165) is 129 Å². The van der Waals surface area contributed by atoms with E-state index in [-0.39, 0.29) is 62.2 Å². The third kappa shape index (κ3) is 9.46. The standard InChI is InChI=1S/C46H61NO2.C43H57NO2/c1-28-15-19-43(3)31(24-28)9-12-35-40(43)18-22-46(6)41(35)26-36(42(46)30-8-7-23-47-27-30)38-14-13-37-34-11-10-32-25-33(49-29(2)48)16-20-44(32,4)39(34)17-21-45(37,38)5;1-40-17-13-29(45)22-27(40)7-9-31-34-11-12-35(42(34,3)19-15-36(31)40)33-24-38-32-10-8-28-23-30(46)14-18-41(28,2)37(32)16-20-43(38,4)39(33)26-6-5-21-44-25-26/h7-10,14,23,27-28,33-35,37,39-41H,11-13,15-22,24-26H2,1-6H3;5-8,12,21,25,29-32,34,36-38,45-46H,9-11,13-20,22-24H2,1-4H3/t28-,33-,34?,35?,37?,39?,40?,41?,43-,44-,45-,46-;29-,30-,31?,32?,34?,36?,37?,38?,40-,41-,42-,43-/m00/s1. The zero-order valence-electron chi connectivity index (χ0n) is 60.2. The van der Waals surface area contributed by atoms with Crippen LogP contribution in [0.15, 0.2) is 130 Å². The number of allylic oxidation sites excluding steroid dienone is 13. The maximum Gasteiger partial charge on any atom is 0.302 e. The van der Waals surface area contributed by atoms with E-state index < -0.39 is 0 Å². The van der Waals surface area contributed by atoms with Crippen molar-refractivity contribution in [2.45, 2.75) is 267 Å². The fourth-order valence-corrected chi connectivity index (χ4v) is 29.0. The highest BCUT2D eigenvalue weighted by molar-refractivity contribution is 5.81. The molecule has 0 aromatic carbocycles. The van der Waals surface area contributed by atoms with Crippen LogP contribution in [0.2, 0.25) is 0 Å². The first-order chi connectivity index (χ1) is 45.5. The Balaban J connectivity index is 0.000000144. The number of hydrogen-bond donors (Lipinski definition) is 2. The first-order valence-corrected chi connectivity index (χ1v) is 39.5. The second-order valence-corrected chi connectivity index (χ2v) is 37.8. The van der Waals surface area contributed by atoms with Crippen molar-refractivity contribution in [2.75, 3.05) is 0 Å². The Hall–Kier alpha value is -4.39. The molecule has 8 saturated carbocycles. The first kappa shape index (κ1) is 64.0. The summed E-state index contributed by atoms with van der Waals surface area (Å²) in [5.41, 5.74) is 21.7. The highest BCUT2D eigenvalue weighted by atomic mass is 16.5. The molecule has 18 rings (SSSR count). The lowest BCUT2D eigenvalue weighted by Crippen LogP contribution is -2.50. The summed E-state index contributed by atoms with van der Waals surface area (Å²) >= 11 is 0. The molecule has 16 aliphatic carbocycles. The minimum atomic E-state index is -0.140. The predicted molar refractivity (Wildman–Crippen MR) is 384 cm³/mol. The topological polar surface area (TPSA) is 92.5 Å². The van der Waals surface area contributed by atoms with E-state index in [2.05, 4.69) is 135 Å². The molecule has 24 atom stereocenters. The molecule has 8 fully saturated rings. The quantitative estimate of drug-likeness (QED) is 0.229. The second-order valence-electron chi connectivity index (χ2n) is 37.8. The number of carbonyl (C=O) groups excluding carboxylic acids is 1. The van der Waals surface area contributed by atoms with Crippen LogP contribution in [-0.2, 0) is 9.53 Å². The van der Waals surface area contributed by atoms with Gasteiger partial charge in [0, 0.05) is 38.1 Å². The summed E-state index contributed by atoms with van der Waals surface area (Å²) in [5, 5.41) is 21.1. The Kier molecular flexibility index (Phi) is 15.4. The Morgan fingerprint density at radius 3 is 1.19 bits per heavy atom. The van der Waals surface area contributed by atoms with Gasteiger partial charge in [-0.05, 0) is 350 Å². The molecule has 0 bridgehead atoms. The third-order valence-electron chi connectivity index (χ3n) is 34.0. The van der Waals surface area contributed by atoms with Gasteiger partial charge in [0.25, 0.3) is 0 Å². The van der Waals surface area contributed by atoms with Crippen molar-refractivity contribution < 1.29 is 19.7 Å². The number of aromatic nitrogens is 2. The fraction of sp³-hybridized carbons (Fsp3) is 0.697. The van der Waals surface area contributed by atoms with E-state index in [1.165, 1.54) is 133 Å². The van der Waals surface area contributed by atoms with Gasteiger partial charge in [-0.15, -0.1) is 0 Å². The molecule has 2 heterocycles. The van der Waals surface area contributed by atoms with E-state index in [4.69, 9.17) is 14.7 Å². The van der Waals surface area contributed by atoms with Gasteiger partial charge in [-0.3, -0.25) is 14.8 Å². The van der Waals surface area contributed by atoms with Crippen molar-refractivity contribution >= 4 is 17.1 Å². The molecule has 0 spiro atoms. The average molecular weight is 1280 g/mol. The fourth-order valence-electron chi connectivity index (χ4n) is 29.0. The molecule has 2 aromatic heterocycles. The van der Waals surface area contributed by atoms with Gasteiger partial charge in [-0.1, -0.05) is 133 Å².